The second-order valence-corrected chi connectivity index (χ2v) is 5.89. The van der Waals surface area contributed by atoms with Crippen molar-refractivity contribution in [3.05, 3.63) is 54.0 Å². The van der Waals surface area contributed by atoms with Crippen LogP contribution in [0, 0.1) is 0 Å². The molecule has 0 radical (unpaired) electrons. The Morgan fingerprint density at radius 3 is 2.61 bits per heavy atom. The Hall–Kier alpha value is -3.17. The van der Waals surface area contributed by atoms with Gasteiger partial charge in [-0.3, -0.25) is 14.5 Å². The molecule has 0 aliphatic carbocycles. The molecule has 0 unspecified atom stereocenters. The number of alkyl halides is 4. The molecule has 2 heterocycles. The van der Waals surface area contributed by atoms with Crippen LogP contribution >= 0.6 is 0 Å². The molecule has 2 aromatic heterocycles. The monoisotopic (exact) mass is 396 g/mol. The van der Waals surface area contributed by atoms with Gasteiger partial charge in [0.05, 0.1) is 17.4 Å². The van der Waals surface area contributed by atoms with Crippen LogP contribution in [0.25, 0.3) is 10.9 Å². The second-order valence-electron chi connectivity index (χ2n) is 5.89. The van der Waals surface area contributed by atoms with Gasteiger partial charge in [0.15, 0.2) is 0 Å². The first-order valence-electron chi connectivity index (χ1n) is 8.34. The van der Waals surface area contributed by atoms with Gasteiger partial charge in [0.25, 0.3) is 5.91 Å². The van der Waals surface area contributed by atoms with E-state index in [1.165, 1.54) is 30.5 Å². The Morgan fingerprint density at radius 1 is 1.25 bits per heavy atom. The summed E-state index contributed by atoms with van der Waals surface area (Å²) in [4.78, 5) is 16.2. The summed E-state index contributed by atoms with van der Waals surface area (Å²) >= 11 is 0. The summed E-state index contributed by atoms with van der Waals surface area (Å²) in [7, 11) is 0. The summed E-state index contributed by atoms with van der Waals surface area (Å²) in [6.07, 6.45) is -5.33. The maximum Gasteiger partial charge on any atom is 0.461 e. The van der Waals surface area contributed by atoms with Crippen LogP contribution in [0.4, 0.5) is 17.6 Å². The van der Waals surface area contributed by atoms with Gasteiger partial charge in [-0.05, 0) is 30.7 Å². The molecular formula is C18H16F4N4O2. The number of carbonyl (C=O) groups excluding carboxylic acids is 1. The highest BCUT2D eigenvalue weighted by Crippen LogP contribution is 2.27. The van der Waals surface area contributed by atoms with Crippen molar-refractivity contribution >= 4 is 16.8 Å². The zero-order valence-electron chi connectivity index (χ0n) is 14.7. The van der Waals surface area contributed by atoms with Crippen molar-refractivity contribution in [2.75, 3.05) is 6.54 Å². The third-order valence-corrected chi connectivity index (χ3v) is 3.81. The molecule has 0 atom stereocenters. The quantitative estimate of drug-likeness (QED) is 0.621. The van der Waals surface area contributed by atoms with Crippen LogP contribution in [0.15, 0.2) is 42.7 Å². The van der Waals surface area contributed by atoms with Gasteiger partial charge in [-0.25, -0.2) is 0 Å². The fourth-order valence-electron chi connectivity index (χ4n) is 2.55. The van der Waals surface area contributed by atoms with E-state index in [-0.39, 0.29) is 23.9 Å². The van der Waals surface area contributed by atoms with E-state index < -0.39 is 12.5 Å². The maximum atomic E-state index is 12.9. The lowest BCUT2D eigenvalue weighted by Gasteiger charge is -2.16. The molecule has 148 valence electrons. The number of benzene rings is 1. The topological polar surface area (TPSA) is 69.0 Å². The molecule has 1 amide bonds. The number of nitrogens with one attached hydrogen (secondary N) is 1. The molecule has 1 aromatic carbocycles. The van der Waals surface area contributed by atoms with Gasteiger partial charge in [-0.15, -0.1) is 0 Å². The molecule has 0 saturated heterocycles. The van der Waals surface area contributed by atoms with Gasteiger partial charge in [0.1, 0.15) is 11.4 Å². The molecule has 0 fully saturated rings. The maximum absolute atomic E-state index is 12.9. The number of pyridine rings is 1. The highest BCUT2D eigenvalue weighted by Gasteiger charge is 2.43. The lowest BCUT2D eigenvalue weighted by Crippen LogP contribution is -2.33. The van der Waals surface area contributed by atoms with Gasteiger partial charge in [0, 0.05) is 18.9 Å². The Morgan fingerprint density at radius 2 is 1.96 bits per heavy atom. The number of nitrogens with zero attached hydrogens (tertiary/aromatic N) is 3. The van der Waals surface area contributed by atoms with Crippen molar-refractivity contribution in [3.8, 4) is 5.75 Å². The summed E-state index contributed by atoms with van der Waals surface area (Å²) in [5.74, 6) is -0.684. The Balaban J connectivity index is 1.78. The molecular weight excluding hydrogens is 380 g/mol. The number of halogens is 4. The van der Waals surface area contributed by atoms with Crippen LogP contribution in [0.1, 0.15) is 23.0 Å². The molecule has 3 aromatic rings. The minimum absolute atomic E-state index is 0.253. The number of carbonyl (C=O) groups is 1. The SMILES string of the molecule is CCNC(=O)c1nccc2nn(Cc3ccc(OC(F)(F)C(F)F)cc3)cc12. The highest BCUT2D eigenvalue weighted by atomic mass is 19.3. The molecule has 6 nitrogen and oxygen atoms in total. The van der Waals surface area contributed by atoms with Crippen molar-refractivity contribution in [2.45, 2.75) is 26.0 Å². The fourth-order valence-corrected chi connectivity index (χ4v) is 2.55. The summed E-state index contributed by atoms with van der Waals surface area (Å²) in [5, 5.41) is 7.62. The van der Waals surface area contributed by atoms with E-state index in [1.54, 1.807) is 23.9 Å². The minimum Gasteiger partial charge on any atom is -0.428 e. The molecule has 10 heteroatoms. The van der Waals surface area contributed by atoms with E-state index in [2.05, 4.69) is 20.1 Å². The third-order valence-electron chi connectivity index (χ3n) is 3.81. The van der Waals surface area contributed by atoms with Crippen LogP contribution in [-0.4, -0.2) is 39.8 Å². The summed E-state index contributed by atoms with van der Waals surface area (Å²) in [6.45, 7) is 2.53. The highest BCUT2D eigenvalue weighted by molar-refractivity contribution is 6.04. The lowest BCUT2D eigenvalue weighted by atomic mass is 10.2. The molecule has 28 heavy (non-hydrogen) atoms. The standard InChI is InChI=1S/C18H16F4N4O2/c1-2-23-16(27)15-13-10-26(25-14(13)7-8-24-15)9-11-3-5-12(6-4-11)28-18(21,22)17(19)20/h3-8,10,17H,2,9H2,1H3,(H,23,27). The average Bonchev–Trinajstić information content (AvgIpc) is 3.05. The van der Waals surface area contributed by atoms with Gasteiger partial charge in [-0.2, -0.15) is 22.7 Å². The number of rotatable bonds is 7. The Bertz CT molecular complexity index is 973. The van der Waals surface area contributed by atoms with E-state index >= 15 is 0 Å². The molecule has 0 bridgehead atoms. The van der Waals surface area contributed by atoms with Crippen LogP contribution in [0.5, 0.6) is 5.75 Å². The van der Waals surface area contributed by atoms with Gasteiger partial charge < -0.3 is 10.1 Å². The molecule has 0 aliphatic heterocycles. The van der Waals surface area contributed by atoms with Crippen LogP contribution in [0.3, 0.4) is 0 Å². The van der Waals surface area contributed by atoms with Crippen molar-refractivity contribution in [1.29, 1.82) is 0 Å². The lowest BCUT2D eigenvalue weighted by molar-refractivity contribution is -0.253. The Kier molecular flexibility index (Phi) is 5.48. The van der Waals surface area contributed by atoms with Crippen molar-refractivity contribution in [1.82, 2.24) is 20.1 Å². The van der Waals surface area contributed by atoms with Crippen LogP contribution < -0.4 is 10.1 Å². The zero-order valence-corrected chi connectivity index (χ0v) is 14.7. The van der Waals surface area contributed by atoms with Gasteiger partial charge in [0.2, 0.25) is 0 Å². The molecule has 3 rings (SSSR count). The third kappa shape index (κ3) is 4.21. The molecule has 0 saturated carbocycles. The molecule has 1 N–H and O–H groups in total. The number of fused-ring (bicyclic) bond motifs is 1. The number of ether oxygens (including phenoxy) is 1. The molecule has 0 aliphatic rings. The average molecular weight is 396 g/mol. The predicted molar refractivity (Wildman–Crippen MR) is 92.7 cm³/mol. The number of amides is 1. The minimum atomic E-state index is -4.55. The normalized spacial score (nSPS) is 11.8. The first-order valence-corrected chi connectivity index (χ1v) is 8.34. The second kappa shape index (κ2) is 7.83. The van der Waals surface area contributed by atoms with Gasteiger partial charge >= 0.3 is 12.5 Å². The van der Waals surface area contributed by atoms with Crippen molar-refractivity contribution < 1.29 is 27.1 Å². The predicted octanol–water partition coefficient (Wildman–Crippen LogP) is 3.47. The smallest absolute Gasteiger partial charge is 0.428 e. The zero-order chi connectivity index (χ0) is 20.3. The Labute approximate surface area is 157 Å². The summed E-state index contributed by atoms with van der Waals surface area (Å²) in [6, 6.07) is 6.95. The van der Waals surface area contributed by atoms with Crippen LogP contribution in [-0.2, 0) is 6.54 Å². The van der Waals surface area contributed by atoms with E-state index in [9.17, 15) is 22.4 Å². The van der Waals surface area contributed by atoms with E-state index in [0.717, 1.165) is 0 Å². The first-order chi connectivity index (χ1) is 13.3. The largest absolute Gasteiger partial charge is 0.461 e. The first kappa shape index (κ1) is 19.6. The summed E-state index contributed by atoms with van der Waals surface area (Å²) in [5.41, 5.74) is 1.50. The molecule has 0 spiro atoms. The number of hydrogen-bond donors (Lipinski definition) is 1. The summed E-state index contributed by atoms with van der Waals surface area (Å²) < 4.78 is 55.8. The fraction of sp³-hybridized carbons (Fsp3) is 0.278. The van der Waals surface area contributed by atoms with Crippen molar-refractivity contribution in [3.63, 3.8) is 0 Å². The van der Waals surface area contributed by atoms with Crippen molar-refractivity contribution in [2.24, 2.45) is 0 Å². The van der Waals surface area contributed by atoms with Crippen LogP contribution in [0.2, 0.25) is 0 Å². The van der Waals surface area contributed by atoms with E-state index in [1.807, 2.05) is 0 Å². The van der Waals surface area contributed by atoms with E-state index in [0.29, 0.717) is 23.0 Å². The number of aromatic nitrogens is 3. The number of hydrogen-bond acceptors (Lipinski definition) is 4. The van der Waals surface area contributed by atoms with Gasteiger partial charge in [-0.1, -0.05) is 12.1 Å². The van der Waals surface area contributed by atoms with E-state index in [4.69, 9.17) is 0 Å².